The molecule has 0 aliphatic carbocycles. The Bertz CT molecular complexity index is 1460. The molecule has 0 bridgehead atoms. The second kappa shape index (κ2) is 49.6. The van der Waals surface area contributed by atoms with E-state index in [-0.39, 0.29) is 25.9 Å². The summed E-state index contributed by atoms with van der Waals surface area (Å²) in [5, 5.41) is 31.4. The van der Waals surface area contributed by atoms with Crippen LogP contribution >= 0.6 is 0 Å². The highest BCUT2D eigenvalue weighted by Crippen LogP contribution is 2.26. The van der Waals surface area contributed by atoms with Gasteiger partial charge in [0.05, 0.1) is 6.61 Å². The highest BCUT2D eigenvalue weighted by Gasteiger charge is 2.50. The van der Waals surface area contributed by atoms with E-state index in [2.05, 4.69) is 69.4 Å². The van der Waals surface area contributed by atoms with Crippen LogP contribution in [0, 0.1) is 0 Å². The predicted octanol–water partition coefficient (Wildman–Crippen LogP) is 15.0. The van der Waals surface area contributed by atoms with Crippen molar-refractivity contribution in [1.29, 1.82) is 0 Å². The molecule has 12 nitrogen and oxygen atoms in total. The fourth-order valence-corrected chi connectivity index (χ4v) is 8.74. The van der Waals surface area contributed by atoms with Gasteiger partial charge in [-0.3, -0.25) is 14.4 Å². The van der Waals surface area contributed by atoms with Gasteiger partial charge in [-0.2, -0.15) is 0 Å². The molecule has 1 heterocycles. The van der Waals surface area contributed by atoms with Crippen LogP contribution in [0.15, 0.2) is 48.6 Å². The summed E-state index contributed by atoms with van der Waals surface area (Å²) in [7, 11) is 0. The number of unbranched alkanes of at least 4 members (excludes halogenated alkanes) is 28. The number of aliphatic carboxylic acids is 1. The van der Waals surface area contributed by atoms with Gasteiger partial charge in [0, 0.05) is 19.3 Å². The van der Waals surface area contributed by atoms with Crippen LogP contribution in [-0.2, 0) is 42.9 Å². The van der Waals surface area contributed by atoms with Gasteiger partial charge in [0.1, 0.15) is 18.8 Å². The van der Waals surface area contributed by atoms with Crippen molar-refractivity contribution in [3.05, 3.63) is 48.6 Å². The van der Waals surface area contributed by atoms with Crippen molar-refractivity contribution < 1.29 is 58.2 Å². The molecule has 422 valence electrons. The van der Waals surface area contributed by atoms with Crippen LogP contribution in [0.1, 0.15) is 265 Å². The highest BCUT2D eigenvalue weighted by atomic mass is 16.7. The Morgan fingerprint density at radius 3 is 1.29 bits per heavy atom. The Balaban J connectivity index is 2.72. The Labute approximate surface area is 443 Å². The van der Waals surface area contributed by atoms with Crippen LogP contribution in [0.3, 0.4) is 0 Å². The molecule has 6 unspecified atom stereocenters. The Hall–Kier alpha value is -3.32. The number of hydrogen-bond acceptors (Lipinski definition) is 11. The molecular weight excluding hydrogens is 925 g/mol. The average Bonchev–Trinajstić information content (AvgIpc) is 3.37. The summed E-state index contributed by atoms with van der Waals surface area (Å²) in [6.45, 7) is 5.93. The van der Waals surface area contributed by atoms with Gasteiger partial charge in [0.2, 0.25) is 0 Å². The lowest BCUT2D eigenvalue weighted by atomic mass is 9.98. The Kier molecular flexibility index (Phi) is 45.9. The van der Waals surface area contributed by atoms with Gasteiger partial charge >= 0.3 is 23.9 Å². The molecule has 0 spiro atoms. The lowest BCUT2D eigenvalue weighted by Gasteiger charge is -2.40. The van der Waals surface area contributed by atoms with Gasteiger partial charge in [0.25, 0.3) is 0 Å². The number of ether oxygens (including phenoxy) is 5. The molecule has 0 aromatic carbocycles. The molecule has 3 N–H and O–H groups in total. The van der Waals surface area contributed by atoms with Crippen LogP contribution in [0.5, 0.6) is 0 Å². The number of carbonyl (C=O) groups excluding carboxylic acids is 3. The first-order valence-corrected chi connectivity index (χ1v) is 29.6. The molecule has 1 fully saturated rings. The van der Waals surface area contributed by atoms with Crippen LogP contribution in [0.4, 0.5) is 0 Å². The maximum absolute atomic E-state index is 13.1. The van der Waals surface area contributed by atoms with Crippen LogP contribution in [-0.4, -0.2) is 89.2 Å². The predicted molar refractivity (Wildman–Crippen MR) is 294 cm³/mol. The summed E-state index contributed by atoms with van der Waals surface area (Å²) >= 11 is 0. The van der Waals surface area contributed by atoms with E-state index in [0.29, 0.717) is 19.3 Å². The fraction of sp³-hybridized carbons (Fsp3) is 0.803. The minimum atomic E-state index is -1.91. The van der Waals surface area contributed by atoms with Gasteiger partial charge in [-0.05, 0) is 103 Å². The normalized spacial score (nSPS) is 18.6. The highest BCUT2D eigenvalue weighted by molar-refractivity contribution is 5.74. The van der Waals surface area contributed by atoms with E-state index < -0.39 is 67.3 Å². The molecular formula is C61H106O12. The zero-order valence-corrected chi connectivity index (χ0v) is 46.4. The zero-order chi connectivity index (χ0) is 53.3. The molecule has 1 aliphatic heterocycles. The maximum atomic E-state index is 13.1. The number of rotatable bonds is 50. The van der Waals surface area contributed by atoms with E-state index in [1.54, 1.807) is 0 Å². The molecule has 0 radical (unpaired) electrons. The number of aliphatic hydroxyl groups excluding tert-OH is 2. The summed E-state index contributed by atoms with van der Waals surface area (Å²) in [5.41, 5.74) is 0. The second-order valence-corrected chi connectivity index (χ2v) is 20.3. The number of allylic oxidation sites excluding steroid dienone is 8. The van der Waals surface area contributed by atoms with E-state index in [0.717, 1.165) is 122 Å². The minimum absolute atomic E-state index is 0.0489. The summed E-state index contributed by atoms with van der Waals surface area (Å²) < 4.78 is 28.4. The summed E-state index contributed by atoms with van der Waals surface area (Å²) in [5.74, 6) is -3.15. The van der Waals surface area contributed by atoms with E-state index in [1.807, 2.05) is 0 Å². The third-order valence-corrected chi connectivity index (χ3v) is 13.3. The van der Waals surface area contributed by atoms with E-state index in [4.69, 9.17) is 23.7 Å². The first-order chi connectivity index (χ1) is 35.6. The molecule has 0 amide bonds. The standard InChI is InChI=1S/C61H106O12/c1-4-7-10-13-16-19-22-25-27-30-32-35-38-41-44-47-53(62)69-50-52(71-54(63)48-45-42-39-36-34-31-28-26-23-20-17-14-11-8-5-2)51-70-61-59(57(66)56(65)58(73-61)60(67)68)72-55(64)49-46-43-40-37-33-29-24-21-18-15-12-9-6-3/h16,19,21,24-28,52,56-59,61,65-66H,4-15,17-18,20,22-23,29-51H2,1-3H3,(H,67,68)/b19-16-,24-21-,27-25-,28-26-. The number of carboxylic acid groups (broad SMARTS) is 1. The third kappa shape index (κ3) is 39.7. The second-order valence-electron chi connectivity index (χ2n) is 20.3. The SMILES string of the molecule is CCCCC/C=C\C/C=C\CCCCCCCC(=O)OCC(COC1OC(C(=O)O)C(O)C(O)C1OC(=O)CCCCCCC/C=C\CCCCCC)OC(=O)CCCCCCC/C=C\CCCCCCCC. The van der Waals surface area contributed by atoms with Gasteiger partial charge in [0.15, 0.2) is 24.6 Å². The molecule has 73 heavy (non-hydrogen) atoms. The van der Waals surface area contributed by atoms with Crippen LogP contribution in [0.25, 0.3) is 0 Å². The van der Waals surface area contributed by atoms with Crippen molar-refractivity contribution in [1.82, 2.24) is 0 Å². The molecule has 1 saturated heterocycles. The van der Waals surface area contributed by atoms with Gasteiger partial charge < -0.3 is 39.0 Å². The first kappa shape index (κ1) is 67.7. The average molecular weight is 1030 g/mol. The number of carboxylic acids is 1. The monoisotopic (exact) mass is 1030 g/mol. The van der Waals surface area contributed by atoms with Crippen molar-refractivity contribution in [3.8, 4) is 0 Å². The van der Waals surface area contributed by atoms with Crippen molar-refractivity contribution in [2.45, 2.75) is 302 Å². The van der Waals surface area contributed by atoms with E-state index in [1.165, 1.54) is 83.5 Å². The molecule has 1 rings (SSSR count). The molecule has 12 heteroatoms. The minimum Gasteiger partial charge on any atom is -0.479 e. The van der Waals surface area contributed by atoms with Crippen molar-refractivity contribution >= 4 is 23.9 Å². The Morgan fingerprint density at radius 2 is 0.822 bits per heavy atom. The van der Waals surface area contributed by atoms with Crippen molar-refractivity contribution in [2.75, 3.05) is 13.2 Å². The number of esters is 3. The Morgan fingerprint density at radius 1 is 0.452 bits per heavy atom. The lowest BCUT2D eigenvalue weighted by Crippen LogP contribution is -2.61. The quantitative estimate of drug-likeness (QED) is 0.0228. The fourth-order valence-electron chi connectivity index (χ4n) is 8.74. The van der Waals surface area contributed by atoms with Crippen molar-refractivity contribution in [2.24, 2.45) is 0 Å². The number of hydrogen-bond donors (Lipinski definition) is 3. The van der Waals surface area contributed by atoms with Gasteiger partial charge in [-0.25, -0.2) is 4.79 Å². The molecule has 1 aliphatic rings. The topological polar surface area (TPSA) is 175 Å². The maximum Gasteiger partial charge on any atom is 0.335 e. The smallest absolute Gasteiger partial charge is 0.335 e. The van der Waals surface area contributed by atoms with E-state index >= 15 is 0 Å². The van der Waals surface area contributed by atoms with Crippen LogP contribution in [0.2, 0.25) is 0 Å². The summed E-state index contributed by atoms with van der Waals surface area (Å²) in [6, 6.07) is 0. The van der Waals surface area contributed by atoms with Crippen LogP contribution < -0.4 is 0 Å². The summed E-state index contributed by atoms with van der Waals surface area (Å²) in [6.07, 6.45) is 46.5. The molecule has 0 saturated carbocycles. The molecule has 0 aromatic rings. The first-order valence-electron chi connectivity index (χ1n) is 29.6. The van der Waals surface area contributed by atoms with Crippen molar-refractivity contribution in [3.63, 3.8) is 0 Å². The van der Waals surface area contributed by atoms with E-state index in [9.17, 15) is 34.5 Å². The zero-order valence-electron chi connectivity index (χ0n) is 46.4. The third-order valence-electron chi connectivity index (χ3n) is 13.3. The molecule has 6 atom stereocenters. The summed E-state index contributed by atoms with van der Waals surface area (Å²) in [4.78, 5) is 51.1. The number of aliphatic hydroxyl groups is 2. The largest absolute Gasteiger partial charge is 0.479 e. The number of carbonyl (C=O) groups is 4. The van der Waals surface area contributed by atoms with Gasteiger partial charge in [-0.1, -0.05) is 191 Å². The molecule has 0 aromatic heterocycles. The van der Waals surface area contributed by atoms with Gasteiger partial charge in [-0.15, -0.1) is 0 Å². The lowest BCUT2D eigenvalue weighted by molar-refractivity contribution is -0.301.